The predicted octanol–water partition coefficient (Wildman–Crippen LogP) is 2.63. The molecule has 1 aliphatic heterocycles. The Balaban J connectivity index is 2.85. The summed E-state index contributed by atoms with van der Waals surface area (Å²) in [4.78, 5) is 14.1. The summed E-state index contributed by atoms with van der Waals surface area (Å²) in [5, 5.41) is 3.32. The van der Waals surface area contributed by atoms with Crippen molar-refractivity contribution in [3.05, 3.63) is 0 Å². The first-order chi connectivity index (χ1) is 8.06. The van der Waals surface area contributed by atoms with E-state index in [2.05, 4.69) is 26.1 Å². The maximum atomic E-state index is 12.3. The smallest absolute Gasteiger partial charge is 0.410 e. The van der Waals surface area contributed by atoms with Crippen LogP contribution in [0.2, 0.25) is 0 Å². The van der Waals surface area contributed by atoms with Crippen molar-refractivity contribution in [2.75, 3.05) is 13.6 Å². The fraction of sp³-hybridized carbons (Fsp3) is 0.929. The number of rotatable bonds is 1. The number of carbonyl (C=O) groups excluding carboxylic acids is 1. The lowest BCUT2D eigenvalue weighted by Crippen LogP contribution is -2.52. The second-order valence-electron chi connectivity index (χ2n) is 7.17. The van der Waals surface area contributed by atoms with E-state index in [1.807, 2.05) is 32.7 Å². The molecule has 1 unspecified atom stereocenters. The highest BCUT2D eigenvalue weighted by atomic mass is 16.6. The molecule has 1 saturated heterocycles. The van der Waals surface area contributed by atoms with Crippen LogP contribution in [0.1, 0.15) is 48.0 Å². The number of nitrogens with zero attached hydrogens (tertiary/aromatic N) is 1. The second kappa shape index (κ2) is 5.08. The highest BCUT2D eigenvalue weighted by Crippen LogP contribution is 2.33. The molecule has 0 aromatic carbocycles. The van der Waals surface area contributed by atoms with E-state index < -0.39 is 5.60 Å². The van der Waals surface area contributed by atoms with E-state index in [1.54, 1.807) is 0 Å². The van der Waals surface area contributed by atoms with Crippen LogP contribution in [-0.2, 0) is 4.74 Å². The maximum Gasteiger partial charge on any atom is 0.410 e. The first-order valence-electron chi connectivity index (χ1n) is 6.73. The van der Waals surface area contributed by atoms with E-state index in [9.17, 15) is 4.79 Å². The molecule has 0 spiro atoms. The van der Waals surface area contributed by atoms with Crippen LogP contribution in [0.3, 0.4) is 0 Å². The van der Waals surface area contributed by atoms with E-state index in [0.717, 1.165) is 13.0 Å². The fourth-order valence-corrected chi connectivity index (χ4v) is 2.69. The van der Waals surface area contributed by atoms with Gasteiger partial charge in [0.25, 0.3) is 0 Å². The normalized spacial score (nSPS) is 25.4. The van der Waals surface area contributed by atoms with Gasteiger partial charge in [-0.2, -0.15) is 0 Å². The molecule has 1 amide bonds. The average molecular weight is 256 g/mol. The molecule has 1 fully saturated rings. The molecule has 0 saturated carbocycles. The van der Waals surface area contributed by atoms with Crippen molar-refractivity contribution >= 4 is 6.09 Å². The third-order valence-corrected chi connectivity index (χ3v) is 3.28. The molecule has 0 aromatic heterocycles. The zero-order valence-electron chi connectivity index (χ0n) is 12.8. The van der Waals surface area contributed by atoms with Crippen LogP contribution in [0.5, 0.6) is 0 Å². The van der Waals surface area contributed by atoms with E-state index in [-0.39, 0.29) is 17.6 Å². The van der Waals surface area contributed by atoms with Crippen LogP contribution in [0, 0.1) is 5.41 Å². The number of nitrogens with one attached hydrogen (secondary N) is 1. The van der Waals surface area contributed by atoms with Gasteiger partial charge in [-0.3, -0.25) is 0 Å². The summed E-state index contributed by atoms with van der Waals surface area (Å²) in [6.07, 6.45) is 0.790. The Bertz CT molecular complexity index is 302. The lowest BCUT2D eigenvalue weighted by molar-refractivity contribution is 0.0100. The third-order valence-electron chi connectivity index (χ3n) is 3.28. The molecular formula is C14H28N2O2. The van der Waals surface area contributed by atoms with Crippen LogP contribution in [0.25, 0.3) is 0 Å². The molecule has 0 aromatic rings. The number of ether oxygens (including phenoxy) is 1. The van der Waals surface area contributed by atoms with Crippen molar-refractivity contribution in [3.63, 3.8) is 0 Å². The van der Waals surface area contributed by atoms with Crippen molar-refractivity contribution in [2.45, 2.75) is 65.6 Å². The summed E-state index contributed by atoms with van der Waals surface area (Å²) in [6.45, 7) is 13.0. The minimum absolute atomic E-state index is 0.0427. The largest absolute Gasteiger partial charge is 0.444 e. The number of amides is 1. The van der Waals surface area contributed by atoms with Gasteiger partial charge in [-0.1, -0.05) is 20.8 Å². The van der Waals surface area contributed by atoms with Gasteiger partial charge in [-0.25, -0.2) is 4.79 Å². The minimum Gasteiger partial charge on any atom is -0.444 e. The molecule has 4 nitrogen and oxygen atoms in total. The summed E-state index contributed by atoms with van der Waals surface area (Å²) in [6, 6.07) is 0.523. The predicted molar refractivity (Wildman–Crippen MR) is 73.6 cm³/mol. The van der Waals surface area contributed by atoms with Gasteiger partial charge < -0.3 is 15.0 Å². The number of likely N-dealkylation sites (N-methyl/N-ethyl adjacent to an activating group) is 1. The number of carbonyl (C=O) groups is 1. The number of likely N-dealkylation sites (tertiary alicyclic amines) is 1. The van der Waals surface area contributed by atoms with Crippen LogP contribution in [-0.4, -0.2) is 42.3 Å². The second-order valence-corrected chi connectivity index (χ2v) is 7.17. The van der Waals surface area contributed by atoms with E-state index in [1.165, 1.54) is 0 Å². The molecule has 0 aliphatic carbocycles. The lowest BCUT2D eigenvalue weighted by atomic mass is 9.83. The molecule has 18 heavy (non-hydrogen) atoms. The molecule has 106 valence electrons. The van der Waals surface area contributed by atoms with Crippen molar-refractivity contribution in [1.29, 1.82) is 0 Å². The zero-order chi connectivity index (χ0) is 14.1. The maximum absolute atomic E-state index is 12.3. The van der Waals surface area contributed by atoms with Gasteiger partial charge in [-0.05, 0) is 39.7 Å². The van der Waals surface area contributed by atoms with Crippen molar-refractivity contribution in [2.24, 2.45) is 5.41 Å². The quantitative estimate of drug-likeness (QED) is 0.784. The number of hydrogen-bond acceptors (Lipinski definition) is 3. The monoisotopic (exact) mass is 256 g/mol. The molecular weight excluding hydrogens is 228 g/mol. The Morgan fingerprint density at radius 1 is 1.22 bits per heavy atom. The molecule has 0 radical (unpaired) electrons. The Morgan fingerprint density at radius 3 is 2.17 bits per heavy atom. The molecule has 1 rings (SSSR count). The summed E-state index contributed by atoms with van der Waals surface area (Å²) in [5.41, 5.74) is -0.391. The van der Waals surface area contributed by atoms with Crippen LogP contribution in [0.4, 0.5) is 4.79 Å². The van der Waals surface area contributed by atoms with E-state index in [4.69, 9.17) is 4.74 Å². The van der Waals surface area contributed by atoms with Gasteiger partial charge in [0.05, 0.1) is 6.04 Å². The Labute approximate surface area is 111 Å². The van der Waals surface area contributed by atoms with Gasteiger partial charge in [0.1, 0.15) is 5.60 Å². The topological polar surface area (TPSA) is 41.6 Å². The SMILES string of the molecule is CNC1CCN(C(=O)OC(C)(C)C)[C@H]1C(C)(C)C. The van der Waals surface area contributed by atoms with Crippen molar-refractivity contribution in [3.8, 4) is 0 Å². The third kappa shape index (κ3) is 3.61. The highest BCUT2D eigenvalue weighted by molar-refractivity contribution is 5.69. The van der Waals surface area contributed by atoms with Gasteiger partial charge >= 0.3 is 6.09 Å². The Kier molecular flexibility index (Phi) is 4.31. The Morgan fingerprint density at radius 2 is 1.78 bits per heavy atom. The zero-order valence-corrected chi connectivity index (χ0v) is 12.8. The highest BCUT2D eigenvalue weighted by Gasteiger charge is 2.44. The van der Waals surface area contributed by atoms with Crippen molar-refractivity contribution in [1.82, 2.24) is 10.2 Å². The van der Waals surface area contributed by atoms with Gasteiger partial charge in [0.15, 0.2) is 0 Å². The standard InChI is InChI=1S/C14H28N2O2/c1-13(2,3)11-10(15-7)8-9-16(11)12(17)18-14(4,5)6/h10-11,15H,8-9H2,1-7H3/t10?,11-/m1/s1. The van der Waals surface area contributed by atoms with E-state index in [0.29, 0.717) is 6.04 Å². The minimum atomic E-state index is -0.433. The van der Waals surface area contributed by atoms with Crippen molar-refractivity contribution < 1.29 is 9.53 Å². The molecule has 1 N–H and O–H groups in total. The molecule has 1 aliphatic rings. The fourth-order valence-electron chi connectivity index (χ4n) is 2.69. The molecule has 0 bridgehead atoms. The van der Waals surface area contributed by atoms with Gasteiger partial charge in [-0.15, -0.1) is 0 Å². The summed E-state index contributed by atoms with van der Waals surface area (Å²) >= 11 is 0. The van der Waals surface area contributed by atoms with Gasteiger partial charge in [0, 0.05) is 12.6 Å². The first kappa shape index (κ1) is 15.3. The summed E-state index contributed by atoms with van der Waals surface area (Å²) in [7, 11) is 1.96. The van der Waals surface area contributed by atoms with Crippen LogP contribution >= 0.6 is 0 Å². The lowest BCUT2D eigenvalue weighted by Gasteiger charge is -2.38. The summed E-state index contributed by atoms with van der Waals surface area (Å²) < 4.78 is 5.50. The molecule has 2 atom stereocenters. The Hall–Kier alpha value is -0.770. The van der Waals surface area contributed by atoms with Crippen LogP contribution in [0.15, 0.2) is 0 Å². The molecule has 4 heteroatoms. The van der Waals surface area contributed by atoms with Crippen LogP contribution < -0.4 is 5.32 Å². The molecule has 1 heterocycles. The average Bonchev–Trinajstić information content (AvgIpc) is 2.57. The van der Waals surface area contributed by atoms with Gasteiger partial charge in [0.2, 0.25) is 0 Å². The first-order valence-corrected chi connectivity index (χ1v) is 6.73. The number of hydrogen-bond donors (Lipinski definition) is 1. The summed E-state index contributed by atoms with van der Waals surface area (Å²) in [5.74, 6) is 0. The van der Waals surface area contributed by atoms with E-state index >= 15 is 0 Å².